The highest BCUT2D eigenvalue weighted by Gasteiger charge is 2.21. The first-order valence-corrected chi connectivity index (χ1v) is 7.90. The monoisotopic (exact) mass is 344 g/mol. The summed E-state index contributed by atoms with van der Waals surface area (Å²) in [6.07, 6.45) is 7.09. The highest BCUT2D eigenvalue weighted by molar-refractivity contribution is 5.82. The van der Waals surface area contributed by atoms with E-state index in [1.54, 1.807) is 18.5 Å². The number of anilines is 1. The molecular formula is C17H18F2N6. The molecule has 3 aromatic heterocycles. The topological polar surface area (TPSA) is 68.0 Å². The number of hydrogen-bond acceptors (Lipinski definition) is 5. The molecule has 1 aliphatic rings. The fourth-order valence-corrected chi connectivity index (χ4v) is 2.71. The highest BCUT2D eigenvalue weighted by atomic mass is 19.1. The van der Waals surface area contributed by atoms with Gasteiger partial charge in [-0.25, -0.2) is 28.2 Å². The normalized spacial score (nSPS) is 13.8. The maximum Gasteiger partial charge on any atom is 0.223 e. The smallest absolute Gasteiger partial charge is 0.223 e. The quantitative estimate of drug-likeness (QED) is 0.788. The highest BCUT2D eigenvalue weighted by Crippen LogP contribution is 2.31. The molecule has 0 radical (unpaired) electrons. The molecule has 0 amide bonds. The molecule has 3 heterocycles. The molecule has 0 unspecified atom stereocenters. The molecule has 0 aromatic carbocycles. The van der Waals surface area contributed by atoms with Gasteiger partial charge in [-0.1, -0.05) is 6.08 Å². The molecule has 8 heteroatoms. The Hall–Kier alpha value is -2.90. The van der Waals surface area contributed by atoms with Crippen LogP contribution in [-0.2, 0) is 6.42 Å². The molecule has 4 rings (SSSR count). The molecule has 0 aliphatic heterocycles. The summed E-state index contributed by atoms with van der Waals surface area (Å²) in [6.45, 7) is 3.11. The third-order valence-electron chi connectivity index (χ3n) is 3.93. The third kappa shape index (κ3) is 2.95. The van der Waals surface area contributed by atoms with Crippen LogP contribution in [0.2, 0.25) is 0 Å². The van der Waals surface area contributed by atoms with Crippen molar-refractivity contribution in [2.24, 2.45) is 0 Å². The van der Waals surface area contributed by atoms with Gasteiger partial charge in [0.05, 0.1) is 24.1 Å². The summed E-state index contributed by atoms with van der Waals surface area (Å²) in [5.41, 5.74) is 2.01. The lowest BCUT2D eigenvalue weighted by Gasteiger charge is -2.15. The summed E-state index contributed by atoms with van der Waals surface area (Å²) in [5, 5.41) is 6.78. The van der Waals surface area contributed by atoms with Crippen LogP contribution >= 0.6 is 0 Å². The lowest BCUT2D eigenvalue weighted by atomic mass is 10.1. The van der Waals surface area contributed by atoms with Gasteiger partial charge >= 0.3 is 0 Å². The second-order valence-electron chi connectivity index (χ2n) is 6.52. The number of hydrogen-bond donors (Lipinski definition) is 1. The Morgan fingerprint density at radius 1 is 1.32 bits per heavy atom. The largest absolute Gasteiger partial charge is 0.351 e. The minimum absolute atomic E-state index is 0. The van der Waals surface area contributed by atoms with Crippen molar-refractivity contribution in [3.63, 3.8) is 0 Å². The van der Waals surface area contributed by atoms with E-state index in [1.165, 1.54) is 18.4 Å². The van der Waals surface area contributed by atoms with Crippen molar-refractivity contribution >= 4 is 17.2 Å². The van der Waals surface area contributed by atoms with Crippen molar-refractivity contribution in [3.8, 4) is 0 Å². The van der Waals surface area contributed by atoms with E-state index < -0.39 is 11.5 Å². The first-order chi connectivity index (χ1) is 11.9. The van der Waals surface area contributed by atoms with Gasteiger partial charge in [-0.2, -0.15) is 5.10 Å². The van der Waals surface area contributed by atoms with Crippen molar-refractivity contribution in [2.75, 3.05) is 11.9 Å². The van der Waals surface area contributed by atoms with Crippen LogP contribution in [0.4, 0.5) is 14.7 Å². The predicted octanol–water partition coefficient (Wildman–Crippen LogP) is 3.05. The zero-order valence-corrected chi connectivity index (χ0v) is 13.8. The molecule has 1 aliphatic carbocycles. The number of rotatable bonds is 4. The summed E-state index contributed by atoms with van der Waals surface area (Å²) >= 11 is 0. The molecule has 0 saturated heterocycles. The second-order valence-corrected chi connectivity index (χ2v) is 6.52. The molecule has 0 bridgehead atoms. The number of nitrogens with one attached hydrogen (secondary N) is 1. The molecule has 0 spiro atoms. The summed E-state index contributed by atoms with van der Waals surface area (Å²) in [4.78, 5) is 13.0. The number of halogens is 2. The minimum Gasteiger partial charge on any atom is -0.351 e. The standard InChI is InChI=1S/C17H16F2N6.H2/c1-17(2,19)9-21-16-20-7-11-10(3-4-13(11)24-16)14-5-6-25-15(23-14)12(18)8-22-25;/h3,5-8H,4,9H2,1-2H3,(H,20,21,24);1H. The average Bonchev–Trinajstić information content (AvgIpc) is 3.15. The van der Waals surface area contributed by atoms with Crippen LogP contribution in [0.15, 0.2) is 30.7 Å². The van der Waals surface area contributed by atoms with Gasteiger partial charge in [-0.3, -0.25) is 0 Å². The van der Waals surface area contributed by atoms with Gasteiger partial charge in [0.25, 0.3) is 0 Å². The summed E-state index contributed by atoms with van der Waals surface area (Å²) in [7, 11) is 0. The summed E-state index contributed by atoms with van der Waals surface area (Å²) in [6, 6.07) is 1.78. The van der Waals surface area contributed by atoms with Crippen molar-refractivity contribution in [1.82, 2.24) is 24.6 Å². The fraction of sp³-hybridized carbons (Fsp3) is 0.294. The Balaban J connectivity index is 0.00000196. The van der Waals surface area contributed by atoms with Gasteiger partial charge in [0, 0.05) is 31.4 Å². The molecule has 0 saturated carbocycles. The van der Waals surface area contributed by atoms with Gasteiger partial charge in [0.2, 0.25) is 5.95 Å². The van der Waals surface area contributed by atoms with Crippen LogP contribution in [0.25, 0.3) is 11.2 Å². The lowest BCUT2D eigenvalue weighted by molar-refractivity contribution is 0.234. The first kappa shape index (κ1) is 15.6. The van der Waals surface area contributed by atoms with E-state index in [0.717, 1.165) is 23.0 Å². The van der Waals surface area contributed by atoms with Crippen LogP contribution in [0.1, 0.15) is 32.2 Å². The zero-order chi connectivity index (χ0) is 17.6. The van der Waals surface area contributed by atoms with E-state index >= 15 is 0 Å². The number of fused-ring (bicyclic) bond motifs is 2. The van der Waals surface area contributed by atoms with Crippen molar-refractivity contribution < 1.29 is 10.2 Å². The fourth-order valence-electron chi connectivity index (χ4n) is 2.71. The van der Waals surface area contributed by atoms with Crippen molar-refractivity contribution in [1.29, 1.82) is 0 Å². The summed E-state index contributed by atoms with van der Waals surface area (Å²) < 4.78 is 28.7. The second kappa shape index (κ2) is 5.58. The molecule has 0 atom stereocenters. The Morgan fingerprint density at radius 2 is 2.16 bits per heavy atom. The SMILES string of the molecule is CC(C)(F)CNc1ncc2c(n1)CC=C2c1ccn2ncc(F)c2n1.[HH]. The van der Waals surface area contributed by atoms with Gasteiger partial charge < -0.3 is 5.32 Å². The van der Waals surface area contributed by atoms with Crippen LogP contribution < -0.4 is 5.32 Å². The van der Waals surface area contributed by atoms with E-state index in [4.69, 9.17) is 0 Å². The van der Waals surface area contributed by atoms with Gasteiger partial charge in [-0.15, -0.1) is 0 Å². The van der Waals surface area contributed by atoms with Crippen LogP contribution in [0.3, 0.4) is 0 Å². The van der Waals surface area contributed by atoms with Crippen LogP contribution in [0.5, 0.6) is 0 Å². The molecular weight excluding hydrogens is 326 g/mol. The van der Waals surface area contributed by atoms with Crippen molar-refractivity contribution in [2.45, 2.75) is 25.9 Å². The Bertz CT molecular complexity index is 993. The lowest BCUT2D eigenvalue weighted by Crippen LogP contribution is -2.25. The number of alkyl halides is 1. The Kier molecular flexibility index (Phi) is 3.48. The van der Waals surface area contributed by atoms with E-state index in [2.05, 4.69) is 25.4 Å². The molecule has 3 aromatic rings. The maximum absolute atomic E-state index is 13.7. The molecule has 6 nitrogen and oxygen atoms in total. The minimum atomic E-state index is -1.35. The first-order valence-electron chi connectivity index (χ1n) is 7.90. The van der Waals surface area contributed by atoms with Gasteiger partial charge in [0.1, 0.15) is 5.67 Å². The van der Waals surface area contributed by atoms with Gasteiger partial charge in [0.15, 0.2) is 11.5 Å². The van der Waals surface area contributed by atoms with E-state index in [9.17, 15) is 8.78 Å². The zero-order valence-electron chi connectivity index (χ0n) is 13.8. The molecule has 130 valence electrons. The Morgan fingerprint density at radius 3 is 2.96 bits per heavy atom. The van der Waals surface area contributed by atoms with Crippen molar-refractivity contribution in [3.05, 3.63) is 53.5 Å². The van der Waals surface area contributed by atoms with Gasteiger partial charge in [-0.05, 0) is 19.9 Å². The number of allylic oxidation sites excluding steroid dienone is 1. The maximum atomic E-state index is 13.7. The van der Waals surface area contributed by atoms with Crippen LogP contribution in [-0.4, -0.2) is 36.8 Å². The average molecular weight is 344 g/mol. The summed E-state index contributed by atoms with van der Waals surface area (Å²) in [5.74, 6) is -0.0744. The molecule has 25 heavy (non-hydrogen) atoms. The van der Waals surface area contributed by atoms with E-state index in [-0.39, 0.29) is 13.6 Å². The number of nitrogens with zero attached hydrogens (tertiary/aromatic N) is 5. The van der Waals surface area contributed by atoms with Crippen LogP contribution in [0, 0.1) is 5.82 Å². The van der Waals surface area contributed by atoms with E-state index in [0.29, 0.717) is 18.1 Å². The number of aromatic nitrogens is 5. The third-order valence-corrected chi connectivity index (χ3v) is 3.93. The Labute approximate surface area is 144 Å². The van der Waals surface area contributed by atoms with E-state index in [1.807, 2.05) is 6.08 Å². The predicted molar refractivity (Wildman–Crippen MR) is 91.6 cm³/mol. The molecule has 0 fully saturated rings. The molecule has 1 N–H and O–H groups in total.